The molecule has 0 radical (unpaired) electrons. The Balaban J connectivity index is 2.09. The summed E-state index contributed by atoms with van der Waals surface area (Å²) in [5, 5.41) is 2.84. The molecule has 0 bridgehead atoms. The van der Waals surface area contributed by atoms with E-state index in [-0.39, 0.29) is 24.3 Å². The van der Waals surface area contributed by atoms with Crippen molar-refractivity contribution in [1.29, 1.82) is 0 Å². The highest BCUT2D eigenvalue weighted by atomic mass is 32.2. The molecule has 0 saturated heterocycles. The number of benzene rings is 1. The van der Waals surface area contributed by atoms with Gasteiger partial charge >= 0.3 is 10.2 Å². The van der Waals surface area contributed by atoms with Crippen LogP contribution < -0.4 is 20.5 Å². The molecule has 24 heavy (non-hydrogen) atoms. The van der Waals surface area contributed by atoms with Gasteiger partial charge in [0.2, 0.25) is 5.91 Å². The number of nitrogens with two attached hydrogens (primary N) is 1. The minimum absolute atomic E-state index is 0.101. The van der Waals surface area contributed by atoms with Crippen LogP contribution in [0.25, 0.3) is 0 Å². The largest absolute Gasteiger partial charge is 0.492 e. The molecule has 8 nitrogen and oxygen atoms in total. The van der Waals surface area contributed by atoms with Crippen LogP contribution in [-0.4, -0.2) is 33.3 Å². The van der Waals surface area contributed by atoms with Crippen molar-refractivity contribution in [1.82, 2.24) is 5.32 Å². The fourth-order valence-corrected chi connectivity index (χ4v) is 2.95. The first-order valence-corrected chi connectivity index (χ1v) is 9.05. The smallest absolute Gasteiger partial charge is 0.344 e. The van der Waals surface area contributed by atoms with Gasteiger partial charge in [-0.05, 0) is 18.1 Å². The topological polar surface area (TPSA) is 123 Å². The SMILES string of the molecule is CC(C)CNC(=O)C(C)COc1cccc2c1C(N)=NS(=O)(=O)N2. The minimum Gasteiger partial charge on any atom is -0.492 e. The summed E-state index contributed by atoms with van der Waals surface area (Å²) in [6.07, 6.45) is 0. The molecule has 4 N–H and O–H groups in total. The summed E-state index contributed by atoms with van der Waals surface area (Å²) in [4.78, 5) is 12.0. The van der Waals surface area contributed by atoms with E-state index in [0.29, 0.717) is 29.5 Å². The Morgan fingerprint density at radius 3 is 2.75 bits per heavy atom. The van der Waals surface area contributed by atoms with Crippen LogP contribution in [0, 0.1) is 11.8 Å². The summed E-state index contributed by atoms with van der Waals surface area (Å²) in [5.74, 6) is 0.136. The van der Waals surface area contributed by atoms with Crippen LogP contribution in [0.5, 0.6) is 5.75 Å². The number of hydrogen-bond acceptors (Lipinski definition) is 5. The number of amides is 1. The third-order valence-corrected chi connectivity index (χ3v) is 4.28. The normalized spacial score (nSPS) is 16.6. The maximum atomic E-state index is 12.0. The van der Waals surface area contributed by atoms with E-state index >= 15 is 0 Å². The standard InChI is InChI=1S/C15H22N4O4S/c1-9(2)7-17-15(20)10(3)8-23-12-6-4-5-11-13(12)14(16)19-24(21,22)18-11/h4-6,9-10,18H,7-8H2,1-3H3,(H2,16,19)(H,17,20). The zero-order valence-electron chi connectivity index (χ0n) is 13.9. The summed E-state index contributed by atoms with van der Waals surface area (Å²) in [6.45, 7) is 6.53. The molecule has 1 unspecified atom stereocenters. The number of amidine groups is 1. The Hall–Kier alpha value is -2.29. The predicted molar refractivity (Wildman–Crippen MR) is 92.2 cm³/mol. The molecular formula is C15H22N4O4S. The lowest BCUT2D eigenvalue weighted by molar-refractivity contribution is -0.125. The van der Waals surface area contributed by atoms with Gasteiger partial charge in [0.15, 0.2) is 5.84 Å². The minimum atomic E-state index is -3.83. The summed E-state index contributed by atoms with van der Waals surface area (Å²) in [5.41, 5.74) is 6.42. The van der Waals surface area contributed by atoms with Gasteiger partial charge in [-0.15, -0.1) is 4.40 Å². The zero-order chi connectivity index (χ0) is 17.9. The summed E-state index contributed by atoms with van der Waals surface area (Å²) in [6, 6.07) is 4.86. The van der Waals surface area contributed by atoms with E-state index in [4.69, 9.17) is 10.5 Å². The molecule has 1 atom stereocenters. The Labute approximate surface area is 141 Å². The summed E-state index contributed by atoms with van der Waals surface area (Å²) >= 11 is 0. The molecule has 132 valence electrons. The second kappa shape index (κ2) is 7.08. The monoisotopic (exact) mass is 354 g/mol. The quantitative estimate of drug-likeness (QED) is 0.699. The molecule has 0 saturated carbocycles. The lowest BCUT2D eigenvalue weighted by Gasteiger charge is -2.20. The molecule has 9 heteroatoms. The third kappa shape index (κ3) is 4.38. The molecule has 0 fully saturated rings. The molecule has 0 spiro atoms. The van der Waals surface area contributed by atoms with Crippen LogP contribution in [0.15, 0.2) is 22.6 Å². The Bertz CT molecular complexity index is 759. The van der Waals surface area contributed by atoms with Gasteiger partial charge < -0.3 is 15.8 Å². The molecule has 1 aromatic rings. The fourth-order valence-electron chi connectivity index (χ4n) is 2.11. The lowest BCUT2D eigenvalue weighted by atomic mass is 10.1. The molecule has 0 aliphatic carbocycles. The van der Waals surface area contributed by atoms with Gasteiger partial charge in [0, 0.05) is 6.54 Å². The van der Waals surface area contributed by atoms with Gasteiger partial charge in [-0.2, -0.15) is 8.42 Å². The Kier molecular flexibility index (Phi) is 5.33. The highest BCUT2D eigenvalue weighted by Crippen LogP contribution is 2.30. The van der Waals surface area contributed by atoms with Gasteiger partial charge in [-0.1, -0.05) is 26.8 Å². The van der Waals surface area contributed by atoms with E-state index < -0.39 is 10.2 Å². The number of carbonyl (C=O) groups is 1. The zero-order valence-corrected chi connectivity index (χ0v) is 14.7. The second-order valence-electron chi connectivity index (χ2n) is 6.08. The fraction of sp³-hybridized carbons (Fsp3) is 0.467. The van der Waals surface area contributed by atoms with Crippen molar-refractivity contribution in [2.75, 3.05) is 17.9 Å². The number of fused-ring (bicyclic) bond motifs is 1. The van der Waals surface area contributed by atoms with E-state index in [9.17, 15) is 13.2 Å². The van der Waals surface area contributed by atoms with E-state index in [1.54, 1.807) is 25.1 Å². The molecule has 1 heterocycles. The number of ether oxygens (including phenoxy) is 1. The van der Waals surface area contributed by atoms with Crippen LogP contribution in [0.1, 0.15) is 26.3 Å². The average molecular weight is 354 g/mol. The van der Waals surface area contributed by atoms with E-state index in [1.165, 1.54) is 0 Å². The number of nitrogens with one attached hydrogen (secondary N) is 2. The van der Waals surface area contributed by atoms with Crippen LogP contribution in [0.2, 0.25) is 0 Å². The van der Waals surface area contributed by atoms with Crippen molar-refractivity contribution < 1.29 is 17.9 Å². The molecule has 2 rings (SSSR count). The van der Waals surface area contributed by atoms with Crippen LogP contribution >= 0.6 is 0 Å². The van der Waals surface area contributed by atoms with Crippen molar-refractivity contribution in [2.45, 2.75) is 20.8 Å². The van der Waals surface area contributed by atoms with E-state index in [2.05, 4.69) is 14.4 Å². The first-order chi connectivity index (χ1) is 11.2. The molecule has 0 aromatic heterocycles. The van der Waals surface area contributed by atoms with Crippen LogP contribution in [0.4, 0.5) is 5.69 Å². The first-order valence-electron chi connectivity index (χ1n) is 7.61. The van der Waals surface area contributed by atoms with Gasteiger partial charge in [0.25, 0.3) is 0 Å². The van der Waals surface area contributed by atoms with E-state index in [0.717, 1.165) is 0 Å². The Morgan fingerprint density at radius 1 is 1.38 bits per heavy atom. The second-order valence-corrected chi connectivity index (χ2v) is 7.42. The maximum Gasteiger partial charge on any atom is 0.344 e. The summed E-state index contributed by atoms with van der Waals surface area (Å²) in [7, 11) is -3.83. The van der Waals surface area contributed by atoms with Crippen molar-refractivity contribution >= 4 is 27.6 Å². The molecule has 1 aliphatic rings. The van der Waals surface area contributed by atoms with Gasteiger partial charge in [-0.25, -0.2) is 0 Å². The highest BCUT2D eigenvalue weighted by molar-refractivity contribution is 7.91. The van der Waals surface area contributed by atoms with Crippen molar-refractivity contribution in [3.05, 3.63) is 23.8 Å². The summed E-state index contributed by atoms with van der Waals surface area (Å²) < 4.78 is 34.5. The maximum absolute atomic E-state index is 12.0. The van der Waals surface area contributed by atoms with Crippen molar-refractivity contribution in [3.8, 4) is 5.75 Å². The van der Waals surface area contributed by atoms with E-state index in [1.807, 2.05) is 13.8 Å². The molecule has 1 aromatic carbocycles. The number of rotatable bonds is 6. The lowest BCUT2D eigenvalue weighted by Crippen LogP contribution is -2.35. The van der Waals surface area contributed by atoms with Crippen molar-refractivity contribution in [3.63, 3.8) is 0 Å². The van der Waals surface area contributed by atoms with Crippen molar-refractivity contribution in [2.24, 2.45) is 22.0 Å². The number of carbonyl (C=O) groups excluding carboxylic acids is 1. The number of anilines is 1. The molecule has 1 amide bonds. The average Bonchev–Trinajstić information content (AvgIpc) is 2.48. The first kappa shape index (κ1) is 18.1. The molecular weight excluding hydrogens is 332 g/mol. The molecule has 1 aliphatic heterocycles. The highest BCUT2D eigenvalue weighted by Gasteiger charge is 2.25. The van der Waals surface area contributed by atoms with Crippen LogP contribution in [0.3, 0.4) is 0 Å². The number of nitrogens with zero attached hydrogens (tertiary/aromatic N) is 1. The third-order valence-electron chi connectivity index (χ3n) is 3.36. The van der Waals surface area contributed by atoms with Gasteiger partial charge in [0.05, 0.1) is 23.8 Å². The predicted octanol–water partition coefficient (Wildman–Crippen LogP) is 0.849. The van der Waals surface area contributed by atoms with Gasteiger partial charge in [-0.3, -0.25) is 9.52 Å². The van der Waals surface area contributed by atoms with Gasteiger partial charge in [0.1, 0.15) is 5.75 Å². The van der Waals surface area contributed by atoms with Crippen LogP contribution in [-0.2, 0) is 15.0 Å². The Morgan fingerprint density at radius 2 is 2.08 bits per heavy atom. The number of hydrogen-bond donors (Lipinski definition) is 3.